The van der Waals surface area contributed by atoms with Gasteiger partial charge in [-0.15, -0.1) is 0 Å². The smallest absolute Gasteiger partial charge is 0.306 e. The zero-order chi connectivity index (χ0) is 10.9. The van der Waals surface area contributed by atoms with Crippen LogP contribution in [0, 0.1) is 35.5 Å². The molecule has 3 nitrogen and oxygen atoms in total. The third kappa shape index (κ3) is 4.77. The van der Waals surface area contributed by atoms with Crippen LogP contribution in [0.15, 0.2) is 0 Å². The summed E-state index contributed by atoms with van der Waals surface area (Å²) in [6.45, 7) is -0.194. The summed E-state index contributed by atoms with van der Waals surface area (Å²) in [5.74, 6) is 15.0. The molecule has 1 aliphatic heterocycles. The summed E-state index contributed by atoms with van der Waals surface area (Å²) in [5.41, 5.74) is 0. The van der Waals surface area contributed by atoms with Crippen molar-refractivity contribution in [3.63, 3.8) is 0 Å². The molecule has 3 heteroatoms. The Balaban J connectivity index is 2.27. The van der Waals surface area contributed by atoms with E-state index in [1.165, 1.54) is 0 Å². The second kappa shape index (κ2) is 6.55. The first kappa shape index (κ1) is 11.2. The van der Waals surface area contributed by atoms with Crippen molar-refractivity contribution in [2.24, 2.45) is 0 Å². The van der Waals surface area contributed by atoms with Crippen molar-refractivity contribution in [2.75, 3.05) is 6.61 Å². The van der Waals surface area contributed by atoms with E-state index in [1.807, 2.05) is 0 Å². The molecule has 0 saturated carbocycles. The molecule has 15 heavy (non-hydrogen) atoms. The lowest BCUT2D eigenvalue weighted by Gasteiger charge is -2.01. The summed E-state index contributed by atoms with van der Waals surface area (Å²) < 4.78 is 4.96. The fraction of sp³-hybridized carbons (Fsp3) is 0.417. The van der Waals surface area contributed by atoms with Crippen LogP contribution in [-0.2, 0) is 9.53 Å². The topological polar surface area (TPSA) is 46.5 Å². The van der Waals surface area contributed by atoms with Gasteiger partial charge in [-0.3, -0.25) is 4.79 Å². The lowest BCUT2D eigenvalue weighted by molar-refractivity contribution is -0.141. The Bertz CT molecular complexity index is 403. The van der Waals surface area contributed by atoms with Crippen LogP contribution in [0.1, 0.15) is 19.3 Å². The lowest BCUT2D eigenvalue weighted by atomic mass is 10.2. The summed E-state index contributed by atoms with van der Waals surface area (Å²) in [7, 11) is 0. The highest BCUT2D eigenvalue weighted by molar-refractivity contribution is 5.71. The summed E-state index contributed by atoms with van der Waals surface area (Å²) in [6.07, 6.45) is 1.68. The highest BCUT2D eigenvalue weighted by Gasteiger charge is 2.21. The van der Waals surface area contributed by atoms with Crippen molar-refractivity contribution in [2.45, 2.75) is 25.4 Å². The molecule has 1 fully saturated rings. The Hall–Kier alpha value is -1.89. The molecule has 1 saturated heterocycles. The maximum Gasteiger partial charge on any atom is 0.306 e. The Morgan fingerprint density at radius 1 is 1.27 bits per heavy atom. The third-order valence-corrected chi connectivity index (χ3v) is 1.74. The van der Waals surface area contributed by atoms with Gasteiger partial charge in [0, 0.05) is 12.8 Å². The first-order valence-electron chi connectivity index (χ1n) is 4.59. The molecule has 0 aromatic rings. The number of cyclic esters (lactones) is 1. The molecule has 0 aromatic heterocycles. The molecule has 1 atom stereocenters. The highest BCUT2D eigenvalue weighted by atomic mass is 16.5. The SMILES string of the molecule is O=C1CC[C@@H](CC#CC#CC#CCO)O1. The van der Waals surface area contributed by atoms with E-state index in [0.29, 0.717) is 12.8 Å². The second-order valence-corrected chi connectivity index (χ2v) is 2.87. The normalized spacial score (nSPS) is 17.4. The maximum absolute atomic E-state index is 10.7. The second-order valence-electron chi connectivity index (χ2n) is 2.87. The lowest BCUT2D eigenvalue weighted by Crippen LogP contribution is -2.04. The van der Waals surface area contributed by atoms with Crippen LogP contribution in [0.2, 0.25) is 0 Å². The minimum Gasteiger partial charge on any atom is -0.461 e. The van der Waals surface area contributed by atoms with Gasteiger partial charge in [0.15, 0.2) is 0 Å². The molecule has 1 aliphatic rings. The van der Waals surface area contributed by atoms with Crippen LogP contribution in [-0.4, -0.2) is 23.8 Å². The number of hydrogen-bond acceptors (Lipinski definition) is 3. The van der Waals surface area contributed by atoms with Crippen LogP contribution in [0.5, 0.6) is 0 Å². The molecule has 1 rings (SSSR count). The fourth-order valence-corrected chi connectivity index (χ4v) is 1.08. The largest absolute Gasteiger partial charge is 0.461 e. The molecule has 0 unspecified atom stereocenters. The predicted molar refractivity (Wildman–Crippen MR) is 54.1 cm³/mol. The number of hydrogen-bond donors (Lipinski definition) is 1. The summed E-state index contributed by atoms with van der Waals surface area (Å²) >= 11 is 0. The number of rotatable bonds is 1. The van der Waals surface area contributed by atoms with E-state index in [-0.39, 0.29) is 18.7 Å². The standard InChI is InChI=1S/C12H10O3/c13-10-6-4-2-1-3-5-7-11-8-9-12(14)15-11/h11,13H,7-10H2/t11-/m1/s1. The van der Waals surface area contributed by atoms with Gasteiger partial charge in [0.1, 0.15) is 12.7 Å². The van der Waals surface area contributed by atoms with Gasteiger partial charge in [0.2, 0.25) is 0 Å². The molecule has 0 spiro atoms. The summed E-state index contributed by atoms with van der Waals surface area (Å²) in [6, 6.07) is 0. The predicted octanol–water partition coefficient (Wildman–Crippen LogP) is 0.0846. The minimum absolute atomic E-state index is 0.0738. The van der Waals surface area contributed by atoms with Gasteiger partial charge in [-0.1, -0.05) is 11.8 Å². The van der Waals surface area contributed by atoms with Crippen molar-refractivity contribution in [3.05, 3.63) is 0 Å². The monoisotopic (exact) mass is 202 g/mol. The van der Waals surface area contributed by atoms with Crippen molar-refractivity contribution < 1.29 is 14.6 Å². The summed E-state index contributed by atoms with van der Waals surface area (Å²) in [4.78, 5) is 10.7. The quantitative estimate of drug-likeness (QED) is 0.484. The van der Waals surface area contributed by atoms with Crippen LogP contribution >= 0.6 is 0 Å². The van der Waals surface area contributed by atoms with Gasteiger partial charge >= 0.3 is 5.97 Å². The number of carbonyl (C=O) groups is 1. The van der Waals surface area contributed by atoms with Gasteiger partial charge in [-0.25, -0.2) is 0 Å². The Morgan fingerprint density at radius 3 is 2.60 bits per heavy atom. The molecule has 1 N–H and O–H groups in total. The zero-order valence-electron chi connectivity index (χ0n) is 8.17. The van der Waals surface area contributed by atoms with Gasteiger partial charge in [0.25, 0.3) is 0 Å². The molecular formula is C12H10O3. The highest BCUT2D eigenvalue weighted by Crippen LogP contribution is 2.15. The number of carbonyl (C=O) groups excluding carboxylic acids is 1. The zero-order valence-corrected chi connectivity index (χ0v) is 8.17. The van der Waals surface area contributed by atoms with Crippen LogP contribution in [0.25, 0.3) is 0 Å². The van der Waals surface area contributed by atoms with Crippen LogP contribution < -0.4 is 0 Å². The van der Waals surface area contributed by atoms with Crippen molar-refractivity contribution in [1.29, 1.82) is 0 Å². The van der Waals surface area contributed by atoms with E-state index in [0.717, 1.165) is 6.42 Å². The molecule has 76 valence electrons. The van der Waals surface area contributed by atoms with Crippen LogP contribution in [0.4, 0.5) is 0 Å². The number of aliphatic hydroxyl groups excluding tert-OH is 1. The first-order valence-corrected chi connectivity index (χ1v) is 4.59. The number of esters is 1. The first-order chi connectivity index (χ1) is 7.33. The summed E-state index contributed by atoms with van der Waals surface area (Å²) in [5, 5.41) is 8.31. The van der Waals surface area contributed by atoms with Gasteiger partial charge in [-0.05, 0) is 30.1 Å². The fourth-order valence-electron chi connectivity index (χ4n) is 1.08. The molecule has 0 bridgehead atoms. The van der Waals surface area contributed by atoms with E-state index in [9.17, 15) is 4.79 Å². The third-order valence-electron chi connectivity index (χ3n) is 1.74. The Kier molecular flexibility index (Phi) is 4.88. The minimum atomic E-state index is -0.194. The molecular weight excluding hydrogens is 192 g/mol. The maximum atomic E-state index is 10.7. The average molecular weight is 202 g/mol. The van der Waals surface area contributed by atoms with Crippen molar-refractivity contribution in [3.8, 4) is 35.5 Å². The van der Waals surface area contributed by atoms with Gasteiger partial charge in [-0.2, -0.15) is 0 Å². The van der Waals surface area contributed by atoms with E-state index >= 15 is 0 Å². The van der Waals surface area contributed by atoms with E-state index in [4.69, 9.17) is 9.84 Å². The molecule has 0 aromatic carbocycles. The molecule has 0 amide bonds. The van der Waals surface area contributed by atoms with Crippen molar-refractivity contribution in [1.82, 2.24) is 0 Å². The number of aliphatic hydroxyl groups is 1. The van der Waals surface area contributed by atoms with Gasteiger partial charge < -0.3 is 9.84 Å². The average Bonchev–Trinajstić information content (AvgIpc) is 2.63. The molecule has 0 aliphatic carbocycles. The molecule has 0 radical (unpaired) electrons. The molecule has 1 heterocycles. The van der Waals surface area contributed by atoms with Crippen molar-refractivity contribution >= 4 is 5.97 Å². The van der Waals surface area contributed by atoms with Crippen LogP contribution in [0.3, 0.4) is 0 Å². The number of ether oxygens (including phenoxy) is 1. The Labute approximate surface area is 88.8 Å². The van der Waals surface area contributed by atoms with E-state index in [2.05, 4.69) is 35.5 Å². The van der Waals surface area contributed by atoms with Gasteiger partial charge in [0.05, 0.1) is 0 Å². The Morgan fingerprint density at radius 2 is 2.00 bits per heavy atom. The van der Waals surface area contributed by atoms with E-state index in [1.54, 1.807) is 0 Å². The van der Waals surface area contributed by atoms with E-state index < -0.39 is 0 Å².